The number of esters is 2. The fraction of sp³-hybridized carbons (Fsp3) is 0.833. The summed E-state index contributed by atoms with van der Waals surface area (Å²) < 4.78 is 18.9. The average molecular weight is 264 g/mol. The van der Waals surface area contributed by atoms with Crippen LogP contribution in [-0.4, -0.2) is 51.6 Å². The Morgan fingerprint density at radius 1 is 1.11 bits per heavy atom. The predicted octanol–water partition coefficient (Wildman–Crippen LogP) is 1.17. The van der Waals surface area contributed by atoms with Crippen molar-refractivity contribution < 1.29 is 28.5 Å². The molecule has 0 aromatic heterocycles. The first-order chi connectivity index (χ1) is 8.43. The molecule has 108 valence electrons. The largest absolute Gasteiger partial charge is 0.463 e. The molecule has 18 heavy (non-hydrogen) atoms. The summed E-state index contributed by atoms with van der Waals surface area (Å²) in [6.45, 7) is 8.43. The topological polar surface area (TPSA) is 71.1 Å². The van der Waals surface area contributed by atoms with Crippen LogP contribution in [0.25, 0.3) is 0 Å². The molecular weight excluding hydrogens is 240 g/mol. The maximum absolute atomic E-state index is 10.3. The maximum atomic E-state index is 10.3. The van der Waals surface area contributed by atoms with Gasteiger partial charge in [-0.3, -0.25) is 9.59 Å². The highest BCUT2D eigenvalue weighted by Crippen LogP contribution is 1.91. The second-order valence-corrected chi connectivity index (χ2v) is 3.41. The van der Waals surface area contributed by atoms with Gasteiger partial charge in [-0.05, 0) is 13.8 Å². The van der Waals surface area contributed by atoms with Crippen molar-refractivity contribution in [3.05, 3.63) is 0 Å². The van der Waals surface area contributed by atoms with E-state index >= 15 is 0 Å². The van der Waals surface area contributed by atoms with Crippen molar-refractivity contribution in [2.24, 2.45) is 0 Å². The molecular formula is C12H24O6. The van der Waals surface area contributed by atoms with Gasteiger partial charge in [0.25, 0.3) is 0 Å². The van der Waals surface area contributed by atoms with Gasteiger partial charge in [0.15, 0.2) is 0 Å². The summed E-state index contributed by atoms with van der Waals surface area (Å²) in [6.07, 6.45) is -0.127. The smallest absolute Gasteiger partial charge is 0.302 e. The van der Waals surface area contributed by atoms with Gasteiger partial charge in [0.2, 0.25) is 0 Å². The van der Waals surface area contributed by atoms with E-state index in [1.54, 1.807) is 14.0 Å². The zero-order valence-electron chi connectivity index (χ0n) is 11.9. The Morgan fingerprint density at radius 3 is 2.11 bits per heavy atom. The normalized spacial score (nSPS) is 10.9. The summed E-state index contributed by atoms with van der Waals surface area (Å²) in [4.78, 5) is 20.4. The van der Waals surface area contributed by atoms with E-state index < -0.39 is 0 Å². The van der Waals surface area contributed by atoms with E-state index in [4.69, 9.17) is 9.47 Å². The molecule has 0 N–H and O–H groups in total. The first-order valence-corrected chi connectivity index (χ1v) is 5.81. The fourth-order valence-electron chi connectivity index (χ4n) is 0.870. The first kappa shape index (κ1) is 19.2. The van der Waals surface area contributed by atoms with Crippen molar-refractivity contribution in [3.8, 4) is 0 Å². The Morgan fingerprint density at radius 2 is 1.72 bits per heavy atom. The molecule has 0 aliphatic carbocycles. The molecule has 0 aromatic rings. The van der Waals surface area contributed by atoms with Gasteiger partial charge >= 0.3 is 11.9 Å². The van der Waals surface area contributed by atoms with Crippen LogP contribution in [0.2, 0.25) is 0 Å². The number of methoxy groups -OCH3 is 1. The zero-order chi connectivity index (χ0) is 14.4. The van der Waals surface area contributed by atoms with Gasteiger partial charge in [-0.25, -0.2) is 0 Å². The number of ether oxygens (including phenoxy) is 4. The molecule has 0 radical (unpaired) electrons. The average Bonchev–Trinajstić information content (AvgIpc) is 2.26. The van der Waals surface area contributed by atoms with Crippen LogP contribution >= 0.6 is 0 Å². The monoisotopic (exact) mass is 264 g/mol. The Hall–Kier alpha value is -1.14. The zero-order valence-corrected chi connectivity index (χ0v) is 11.9. The van der Waals surface area contributed by atoms with Crippen LogP contribution < -0.4 is 0 Å². The molecule has 0 saturated heterocycles. The minimum atomic E-state index is -0.262. The molecule has 1 atom stereocenters. The Balaban J connectivity index is 0. The van der Waals surface area contributed by atoms with Crippen LogP contribution in [0.3, 0.4) is 0 Å². The van der Waals surface area contributed by atoms with E-state index in [1.807, 2.05) is 6.92 Å². The lowest BCUT2D eigenvalue weighted by atomic mass is 10.4. The van der Waals surface area contributed by atoms with Gasteiger partial charge in [-0.15, -0.1) is 0 Å². The third-order valence-electron chi connectivity index (χ3n) is 1.52. The highest BCUT2D eigenvalue weighted by molar-refractivity contribution is 5.66. The van der Waals surface area contributed by atoms with Crippen LogP contribution in [-0.2, 0) is 28.5 Å². The summed E-state index contributed by atoms with van der Waals surface area (Å²) in [5.41, 5.74) is 0. The molecule has 0 fully saturated rings. The minimum Gasteiger partial charge on any atom is -0.463 e. The molecule has 0 amide bonds. The summed E-state index contributed by atoms with van der Waals surface area (Å²) >= 11 is 0. The molecule has 0 saturated carbocycles. The van der Waals surface area contributed by atoms with Crippen molar-refractivity contribution in [2.45, 2.75) is 33.8 Å². The first-order valence-electron chi connectivity index (χ1n) is 5.81. The molecule has 0 rings (SSSR count). The van der Waals surface area contributed by atoms with E-state index in [2.05, 4.69) is 9.47 Å². The van der Waals surface area contributed by atoms with Gasteiger partial charge in [0.1, 0.15) is 12.7 Å². The van der Waals surface area contributed by atoms with E-state index in [-0.39, 0.29) is 18.0 Å². The van der Waals surface area contributed by atoms with Crippen molar-refractivity contribution >= 4 is 11.9 Å². The van der Waals surface area contributed by atoms with Crippen LogP contribution in [0.1, 0.15) is 27.7 Å². The number of hydrogen-bond acceptors (Lipinski definition) is 6. The van der Waals surface area contributed by atoms with E-state index in [0.717, 1.165) is 0 Å². The van der Waals surface area contributed by atoms with Crippen LogP contribution in [0.15, 0.2) is 0 Å². The van der Waals surface area contributed by atoms with Gasteiger partial charge in [0.05, 0.1) is 13.2 Å². The second kappa shape index (κ2) is 13.9. The Bertz CT molecular complexity index is 217. The van der Waals surface area contributed by atoms with Crippen molar-refractivity contribution in [3.63, 3.8) is 0 Å². The molecule has 0 spiro atoms. The highest BCUT2D eigenvalue weighted by atomic mass is 16.6. The molecule has 0 aliphatic rings. The molecule has 0 aliphatic heterocycles. The SMILES string of the molecule is CCOCC(C)OC(C)=O.COCCOC(C)=O. The highest BCUT2D eigenvalue weighted by Gasteiger charge is 2.03. The summed E-state index contributed by atoms with van der Waals surface area (Å²) in [5.74, 6) is -0.519. The van der Waals surface area contributed by atoms with Gasteiger partial charge in [-0.1, -0.05) is 0 Å². The Labute approximate surface area is 109 Å². The molecule has 0 bridgehead atoms. The molecule has 1 unspecified atom stereocenters. The number of carbonyl (C=O) groups is 2. The third kappa shape index (κ3) is 20.3. The van der Waals surface area contributed by atoms with Gasteiger partial charge in [0, 0.05) is 27.6 Å². The van der Waals surface area contributed by atoms with Crippen LogP contribution in [0, 0.1) is 0 Å². The molecule has 6 heteroatoms. The lowest BCUT2D eigenvalue weighted by molar-refractivity contribution is -0.148. The maximum Gasteiger partial charge on any atom is 0.302 e. The molecule has 0 heterocycles. The lowest BCUT2D eigenvalue weighted by Gasteiger charge is -2.10. The van der Waals surface area contributed by atoms with Crippen LogP contribution in [0.4, 0.5) is 0 Å². The van der Waals surface area contributed by atoms with Crippen LogP contribution in [0.5, 0.6) is 0 Å². The number of hydrogen-bond donors (Lipinski definition) is 0. The van der Waals surface area contributed by atoms with E-state index in [0.29, 0.717) is 26.4 Å². The minimum absolute atomic E-state index is 0.127. The van der Waals surface area contributed by atoms with Crippen molar-refractivity contribution in [2.75, 3.05) is 33.5 Å². The van der Waals surface area contributed by atoms with Crippen molar-refractivity contribution in [1.29, 1.82) is 0 Å². The summed E-state index contributed by atoms with van der Waals surface area (Å²) in [7, 11) is 1.56. The fourth-order valence-corrected chi connectivity index (χ4v) is 0.870. The van der Waals surface area contributed by atoms with Gasteiger partial charge < -0.3 is 18.9 Å². The second-order valence-electron chi connectivity index (χ2n) is 3.41. The summed E-state index contributed by atoms with van der Waals surface area (Å²) in [5, 5.41) is 0. The number of carbonyl (C=O) groups excluding carboxylic acids is 2. The third-order valence-corrected chi connectivity index (χ3v) is 1.52. The van der Waals surface area contributed by atoms with E-state index in [9.17, 15) is 9.59 Å². The summed E-state index contributed by atoms with van der Waals surface area (Å²) in [6, 6.07) is 0. The standard InChI is InChI=1S/C7H14O3.C5H10O3/c1-4-9-5-6(2)10-7(3)8;1-5(6)8-4-3-7-2/h6H,4-5H2,1-3H3;3-4H2,1-2H3. The Kier molecular flexibility index (Phi) is 14.9. The quantitative estimate of drug-likeness (QED) is 0.508. The predicted molar refractivity (Wildman–Crippen MR) is 66.2 cm³/mol. The molecule has 0 aromatic carbocycles. The van der Waals surface area contributed by atoms with Crippen molar-refractivity contribution in [1.82, 2.24) is 0 Å². The molecule has 6 nitrogen and oxygen atoms in total. The number of rotatable bonds is 7. The lowest BCUT2D eigenvalue weighted by Crippen LogP contribution is -2.18. The van der Waals surface area contributed by atoms with E-state index in [1.165, 1.54) is 13.8 Å². The van der Waals surface area contributed by atoms with Gasteiger partial charge in [-0.2, -0.15) is 0 Å².